The molecule has 1 atom stereocenters. The maximum Gasteiger partial charge on any atom is 0.304 e. The van der Waals surface area contributed by atoms with Crippen LogP contribution in [0.4, 0.5) is 0 Å². The van der Waals surface area contributed by atoms with Crippen molar-refractivity contribution in [2.24, 2.45) is 0 Å². The van der Waals surface area contributed by atoms with Crippen LogP contribution in [-0.4, -0.2) is 49.7 Å². The monoisotopic (exact) mass is 546 g/mol. The SMILES string of the molecule is CCOCC1(COCC)Cc2c(cc(C)c(-c3cccc(COc4ccc5c(c4)OC[C@H]5CC(=O)O)c3)c2C)O1. The van der Waals surface area contributed by atoms with Gasteiger partial charge in [-0.2, -0.15) is 0 Å². The van der Waals surface area contributed by atoms with Gasteiger partial charge in [0.15, 0.2) is 5.60 Å². The second kappa shape index (κ2) is 11.9. The lowest BCUT2D eigenvalue weighted by atomic mass is 9.88. The summed E-state index contributed by atoms with van der Waals surface area (Å²) in [6.45, 7) is 11.3. The number of carbonyl (C=O) groups is 1. The number of benzene rings is 3. The molecule has 0 unspecified atom stereocenters. The Hall–Kier alpha value is -3.55. The van der Waals surface area contributed by atoms with Crippen molar-refractivity contribution in [3.8, 4) is 28.4 Å². The number of hydrogen-bond acceptors (Lipinski definition) is 6. The third-order valence-electron chi connectivity index (χ3n) is 7.74. The molecule has 0 spiro atoms. The van der Waals surface area contributed by atoms with E-state index in [2.05, 4.69) is 44.2 Å². The standard InChI is InChI=1S/C33H38O7/c1-5-36-19-33(20-37-6-2)16-28-22(4)32(21(3)12-30(28)40-33)24-9-7-8-23(13-24)17-38-26-10-11-27-25(14-31(34)35)18-39-29(27)15-26/h7-13,15,25H,5-6,14,16-20H2,1-4H3,(H,34,35)/t25-/m1/s1. The number of carboxylic acid groups (broad SMARTS) is 1. The average molecular weight is 547 g/mol. The highest BCUT2D eigenvalue weighted by atomic mass is 16.6. The van der Waals surface area contributed by atoms with Gasteiger partial charge in [0.25, 0.3) is 0 Å². The first-order valence-corrected chi connectivity index (χ1v) is 14.0. The summed E-state index contributed by atoms with van der Waals surface area (Å²) in [6, 6.07) is 16.2. The van der Waals surface area contributed by atoms with Crippen LogP contribution in [0.2, 0.25) is 0 Å². The normalized spacial score (nSPS) is 16.6. The van der Waals surface area contributed by atoms with Gasteiger partial charge in [-0.15, -0.1) is 0 Å². The minimum atomic E-state index is -0.821. The summed E-state index contributed by atoms with van der Waals surface area (Å²) < 4.78 is 30.0. The number of aryl methyl sites for hydroxylation is 1. The first kappa shape index (κ1) is 28.0. The van der Waals surface area contributed by atoms with Crippen LogP contribution < -0.4 is 14.2 Å². The maximum atomic E-state index is 11.1. The van der Waals surface area contributed by atoms with Gasteiger partial charge in [0.05, 0.1) is 26.2 Å². The van der Waals surface area contributed by atoms with Crippen LogP contribution >= 0.6 is 0 Å². The number of aliphatic carboxylic acids is 1. The second-order valence-electron chi connectivity index (χ2n) is 10.7. The summed E-state index contributed by atoms with van der Waals surface area (Å²) in [5, 5.41) is 9.14. The van der Waals surface area contributed by atoms with E-state index in [-0.39, 0.29) is 12.3 Å². The predicted octanol–water partition coefficient (Wildman–Crippen LogP) is 6.25. The fourth-order valence-electron chi connectivity index (χ4n) is 5.82. The average Bonchev–Trinajstić information content (AvgIpc) is 3.51. The Morgan fingerprint density at radius 1 is 1.02 bits per heavy atom. The molecule has 5 rings (SSSR count). The lowest BCUT2D eigenvalue weighted by Crippen LogP contribution is -2.44. The minimum Gasteiger partial charge on any atom is -0.492 e. The van der Waals surface area contributed by atoms with Gasteiger partial charge in [0.1, 0.15) is 23.9 Å². The van der Waals surface area contributed by atoms with Crippen molar-refractivity contribution in [3.63, 3.8) is 0 Å². The van der Waals surface area contributed by atoms with Gasteiger partial charge in [0, 0.05) is 42.7 Å². The van der Waals surface area contributed by atoms with Crippen molar-refractivity contribution in [3.05, 3.63) is 76.3 Å². The number of carboxylic acids is 1. The van der Waals surface area contributed by atoms with Crippen molar-refractivity contribution in [2.75, 3.05) is 33.0 Å². The molecular formula is C33H38O7. The summed E-state index contributed by atoms with van der Waals surface area (Å²) in [5.41, 5.74) is 7.41. The van der Waals surface area contributed by atoms with Crippen LogP contribution in [0.3, 0.4) is 0 Å². The van der Waals surface area contributed by atoms with Gasteiger partial charge < -0.3 is 28.8 Å². The van der Waals surface area contributed by atoms with E-state index in [1.807, 2.05) is 32.0 Å². The first-order valence-electron chi connectivity index (χ1n) is 14.0. The molecule has 2 heterocycles. The largest absolute Gasteiger partial charge is 0.492 e. The van der Waals surface area contributed by atoms with E-state index in [4.69, 9.17) is 28.8 Å². The number of hydrogen-bond donors (Lipinski definition) is 1. The molecule has 0 radical (unpaired) electrons. The third kappa shape index (κ3) is 5.81. The van der Waals surface area contributed by atoms with Crippen molar-refractivity contribution >= 4 is 5.97 Å². The van der Waals surface area contributed by atoms with E-state index < -0.39 is 11.6 Å². The lowest BCUT2D eigenvalue weighted by Gasteiger charge is -2.28. The van der Waals surface area contributed by atoms with Crippen LogP contribution in [0.25, 0.3) is 11.1 Å². The second-order valence-corrected chi connectivity index (χ2v) is 10.7. The fourth-order valence-corrected chi connectivity index (χ4v) is 5.82. The minimum absolute atomic E-state index is 0.0632. The molecular weight excluding hydrogens is 508 g/mol. The molecule has 212 valence electrons. The van der Waals surface area contributed by atoms with Crippen molar-refractivity contribution in [1.82, 2.24) is 0 Å². The molecule has 2 aliphatic rings. The quantitative estimate of drug-likeness (QED) is 0.288. The molecule has 0 aliphatic carbocycles. The Labute approximate surface area is 236 Å². The molecule has 7 nitrogen and oxygen atoms in total. The summed E-state index contributed by atoms with van der Waals surface area (Å²) in [5.74, 6) is 1.38. The summed E-state index contributed by atoms with van der Waals surface area (Å²) in [4.78, 5) is 11.1. The van der Waals surface area contributed by atoms with Crippen molar-refractivity contribution in [2.45, 2.75) is 58.7 Å². The van der Waals surface area contributed by atoms with E-state index in [1.165, 1.54) is 16.7 Å². The van der Waals surface area contributed by atoms with E-state index in [1.54, 1.807) is 0 Å². The third-order valence-corrected chi connectivity index (χ3v) is 7.74. The van der Waals surface area contributed by atoms with Crippen LogP contribution in [0.1, 0.15) is 54.0 Å². The van der Waals surface area contributed by atoms with Gasteiger partial charge in [0.2, 0.25) is 0 Å². The molecule has 3 aromatic rings. The molecule has 40 heavy (non-hydrogen) atoms. The molecule has 0 amide bonds. The summed E-state index contributed by atoms with van der Waals surface area (Å²) in [6.07, 6.45) is 0.811. The summed E-state index contributed by atoms with van der Waals surface area (Å²) >= 11 is 0. The van der Waals surface area contributed by atoms with E-state index in [0.717, 1.165) is 34.4 Å². The Bertz CT molecular complexity index is 1370. The zero-order chi connectivity index (χ0) is 28.3. The number of fused-ring (bicyclic) bond motifs is 2. The molecule has 2 aliphatic heterocycles. The van der Waals surface area contributed by atoms with Crippen LogP contribution in [-0.2, 0) is 27.3 Å². The molecule has 0 bridgehead atoms. The molecule has 3 aromatic carbocycles. The summed E-state index contributed by atoms with van der Waals surface area (Å²) in [7, 11) is 0. The highest BCUT2D eigenvalue weighted by Gasteiger charge is 2.41. The zero-order valence-electron chi connectivity index (χ0n) is 23.7. The highest BCUT2D eigenvalue weighted by molar-refractivity contribution is 5.75. The maximum absolute atomic E-state index is 11.1. The fraction of sp³-hybridized carbons (Fsp3) is 0.424. The van der Waals surface area contributed by atoms with E-state index in [0.29, 0.717) is 51.1 Å². The lowest BCUT2D eigenvalue weighted by molar-refractivity contribution is -0.137. The Morgan fingerprint density at radius 2 is 1.80 bits per heavy atom. The van der Waals surface area contributed by atoms with E-state index in [9.17, 15) is 4.79 Å². The molecule has 0 saturated heterocycles. The Morgan fingerprint density at radius 3 is 2.52 bits per heavy atom. The zero-order valence-corrected chi connectivity index (χ0v) is 23.7. The topological polar surface area (TPSA) is 83.5 Å². The predicted molar refractivity (Wildman–Crippen MR) is 153 cm³/mol. The molecule has 0 aromatic heterocycles. The van der Waals surface area contributed by atoms with Gasteiger partial charge in [-0.25, -0.2) is 0 Å². The van der Waals surface area contributed by atoms with E-state index >= 15 is 0 Å². The number of ether oxygens (including phenoxy) is 5. The molecule has 1 N–H and O–H groups in total. The van der Waals surface area contributed by atoms with Gasteiger partial charge in [-0.1, -0.05) is 24.3 Å². The van der Waals surface area contributed by atoms with Crippen LogP contribution in [0.15, 0.2) is 48.5 Å². The molecule has 0 fully saturated rings. The smallest absolute Gasteiger partial charge is 0.304 e. The van der Waals surface area contributed by atoms with Gasteiger partial charge in [-0.05, 0) is 73.7 Å². The Balaban J connectivity index is 1.33. The van der Waals surface area contributed by atoms with Crippen LogP contribution in [0.5, 0.6) is 17.2 Å². The first-order chi connectivity index (χ1) is 19.3. The molecule has 0 saturated carbocycles. The van der Waals surface area contributed by atoms with Gasteiger partial charge >= 0.3 is 5.97 Å². The number of rotatable bonds is 12. The molecule has 7 heteroatoms. The van der Waals surface area contributed by atoms with Crippen molar-refractivity contribution in [1.29, 1.82) is 0 Å². The Kier molecular flexibility index (Phi) is 8.33. The van der Waals surface area contributed by atoms with Crippen molar-refractivity contribution < 1.29 is 33.6 Å². The van der Waals surface area contributed by atoms with Crippen LogP contribution in [0, 0.1) is 13.8 Å². The van der Waals surface area contributed by atoms with Gasteiger partial charge in [-0.3, -0.25) is 4.79 Å². The highest BCUT2D eigenvalue weighted by Crippen LogP contribution is 2.43.